The fourth-order valence-electron chi connectivity index (χ4n) is 2.14. The predicted molar refractivity (Wildman–Crippen MR) is 83.3 cm³/mol. The SMILES string of the molecule is CCCCCCCCCC(=O)N(CCBr)C(C)C. The van der Waals surface area contributed by atoms with Gasteiger partial charge in [0.05, 0.1) is 0 Å². The number of carbonyl (C=O) groups is 1. The van der Waals surface area contributed by atoms with Crippen molar-refractivity contribution in [1.29, 1.82) is 0 Å². The van der Waals surface area contributed by atoms with E-state index in [2.05, 4.69) is 36.7 Å². The van der Waals surface area contributed by atoms with Gasteiger partial charge in [-0.15, -0.1) is 0 Å². The third-order valence-electron chi connectivity index (χ3n) is 3.26. The van der Waals surface area contributed by atoms with Gasteiger partial charge in [0, 0.05) is 24.3 Å². The maximum atomic E-state index is 12.0. The van der Waals surface area contributed by atoms with Gasteiger partial charge in [-0.05, 0) is 20.3 Å². The summed E-state index contributed by atoms with van der Waals surface area (Å²) in [5.74, 6) is 0.318. The highest BCUT2D eigenvalue weighted by Gasteiger charge is 2.15. The topological polar surface area (TPSA) is 20.3 Å². The van der Waals surface area contributed by atoms with Gasteiger partial charge in [-0.2, -0.15) is 0 Å². The molecule has 0 bridgehead atoms. The summed E-state index contributed by atoms with van der Waals surface area (Å²) in [4.78, 5) is 14.0. The Morgan fingerprint density at radius 2 is 1.61 bits per heavy atom. The summed E-state index contributed by atoms with van der Waals surface area (Å²) in [6.45, 7) is 7.24. The maximum Gasteiger partial charge on any atom is 0.222 e. The van der Waals surface area contributed by atoms with E-state index in [0.29, 0.717) is 11.9 Å². The number of rotatable bonds is 11. The van der Waals surface area contributed by atoms with Crippen LogP contribution in [-0.2, 0) is 4.79 Å². The molecule has 0 aromatic carbocycles. The molecule has 0 saturated carbocycles. The number of unbranched alkanes of at least 4 members (excludes halogenated alkanes) is 6. The standard InChI is InChI=1S/C15H30BrNO/c1-4-5-6-7-8-9-10-11-15(18)17(13-12-16)14(2)3/h14H,4-13H2,1-3H3. The molecule has 0 atom stereocenters. The highest BCUT2D eigenvalue weighted by Crippen LogP contribution is 2.11. The molecule has 0 unspecified atom stereocenters. The zero-order valence-corrected chi connectivity index (χ0v) is 14.0. The van der Waals surface area contributed by atoms with Gasteiger partial charge in [-0.1, -0.05) is 61.4 Å². The van der Waals surface area contributed by atoms with Crippen LogP contribution < -0.4 is 0 Å². The summed E-state index contributed by atoms with van der Waals surface area (Å²) in [6, 6.07) is 0.319. The zero-order valence-electron chi connectivity index (χ0n) is 12.4. The maximum absolute atomic E-state index is 12.0. The molecule has 3 heteroatoms. The molecule has 0 fully saturated rings. The van der Waals surface area contributed by atoms with Crippen LogP contribution >= 0.6 is 15.9 Å². The molecule has 0 aliphatic carbocycles. The Balaban J connectivity index is 3.61. The monoisotopic (exact) mass is 319 g/mol. The second-order valence-electron chi connectivity index (χ2n) is 5.24. The van der Waals surface area contributed by atoms with Crippen molar-refractivity contribution in [3.63, 3.8) is 0 Å². The number of alkyl halides is 1. The largest absolute Gasteiger partial charge is 0.339 e. The number of nitrogens with zero attached hydrogens (tertiary/aromatic N) is 1. The molecule has 1 amide bonds. The van der Waals surface area contributed by atoms with Crippen molar-refractivity contribution in [3.8, 4) is 0 Å². The minimum absolute atomic E-state index is 0.318. The van der Waals surface area contributed by atoms with Gasteiger partial charge in [0.1, 0.15) is 0 Å². The Kier molecular flexibility index (Phi) is 12.0. The quantitative estimate of drug-likeness (QED) is 0.397. The lowest BCUT2D eigenvalue weighted by Gasteiger charge is -2.26. The minimum Gasteiger partial charge on any atom is -0.339 e. The molecule has 0 heterocycles. The molecule has 108 valence electrons. The third kappa shape index (κ3) is 8.96. The smallest absolute Gasteiger partial charge is 0.222 e. The Labute approximate surface area is 122 Å². The van der Waals surface area contributed by atoms with Crippen molar-refractivity contribution < 1.29 is 4.79 Å². The van der Waals surface area contributed by atoms with Crippen LogP contribution in [0.15, 0.2) is 0 Å². The van der Waals surface area contributed by atoms with Crippen molar-refractivity contribution >= 4 is 21.8 Å². The molecule has 0 aromatic heterocycles. The van der Waals surface area contributed by atoms with E-state index in [1.807, 2.05) is 4.90 Å². The Morgan fingerprint density at radius 1 is 1.06 bits per heavy atom. The number of halogens is 1. The van der Waals surface area contributed by atoms with Crippen molar-refractivity contribution in [1.82, 2.24) is 4.90 Å². The van der Waals surface area contributed by atoms with Gasteiger partial charge in [-0.3, -0.25) is 4.79 Å². The van der Waals surface area contributed by atoms with Gasteiger partial charge in [-0.25, -0.2) is 0 Å². The molecular weight excluding hydrogens is 290 g/mol. The van der Waals surface area contributed by atoms with Crippen LogP contribution in [0, 0.1) is 0 Å². The molecule has 18 heavy (non-hydrogen) atoms. The molecular formula is C15H30BrNO. The van der Waals surface area contributed by atoms with Crippen LogP contribution in [-0.4, -0.2) is 28.7 Å². The fraction of sp³-hybridized carbons (Fsp3) is 0.933. The van der Waals surface area contributed by atoms with Crippen LogP contribution in [0.5, 0.6) is 0 Å². The average molecular weight is 320 g/mol. The van der Waals surface area contributed by atoms with E-state index in [1.165, 1.54) is 38.5 Å². The number of hydrogen-bond acceptors (Lipinski definition) is 1. The lowest BCUT2D eigenvalue weighted by molar-refractivity contribution is -0.132. The van der Waals surface area contributed by atoms with E-state index in [-0.39, 0.29) is 0 Å². The first-order chi connectivity index (χ1) is 8.63. The van der Waals surface area contributed by atoms with E-state index in [4.69, 9.17) is 0 Å². The molecule has 0 spiro atoms. The molecule has 0 aliphatic heterocycles. The lowest BCUT2D eigenvalue weighted by atomic mass is 10.1. The number of amides is 1. The van der Waals surface area contributed by atoms with E-state index < -0.39 is 0 Å². The predicted octanol–water partition coefficient (Wildman–Crippen LogP) is 4.76. The van der Waals surface area contributed by atoms with Gasteiger partial charge in [0.2, 0.25) is 5.91 Å². The van der Waals surface area contributed by atoms with E-state index in [1.54, 1.807) is 0 Å². The molecule has 0 rings (SSSR count). The van der Waals surface area contributed by atoms with Crippen molar-refractivity contribution in [2.24, 2.45) is 0 Å². The molecule has 0 aromatic rings. The molecule has 0 aliphatic rings. The first-order valence-corrected chi connectivity index (χ1v) is 8.61. The zero-order chi connectivity index (χ0) is 13.8. The second-order valence-corrected chi connectivity index (χ2v) is 6.03. The summed E-state index contributed by atoms with van der Waals surface area (Å²) in [6.07, 6.45) is 9.60. The summed E-state index contributed by atoms with van der Waals surface area (Å²) < 4.78 is 0. The van der Waals surface area contributed by atoms with Crippen LogP contribution in [0.25, 0.3) is 0 Å². The summed E-state index contributed by atoms with van der Waals surface area (Å²) in [7, 11) is 0. The minimum atomic E-state index is 0.318. The Bertz CT molecular complexity index is 207. The van der Waals surface area contributed by atoms with E-state index in [0.717, 1.165) is 24.7 Å². The van der Waals surface area contributed by atoms with Crippen molar-refractivity contribution in [2.75, 3.05) is 11.9 Å². The second kappa shape index (κ2) is 12.0. The Morgan fingerprint density at radius 3 is 2.11 bits per heavy atom. The number of hydrogen-bond donors (Lipinski definition) is 0. The third-order valence-corrected chi connectivity index (χ3v) is 3.62. The molecule has 0 saturated heterocycles. The van der Waals surface area contributed by atoms with Crippen LogP contribution in [0.3, 0.4) is 0 Å². The lowest BCUT2D eigenvalue weighted by Crippen LogP contribution is -2.38. The van der Waals surface area contributed by atoms with Crippen molar-refractivity contribution in [2.45, 2.75) is 78.2 Å². The van der Waals surface area contributed by atoms with Crippen molar-refractivity contribution in [3.05, 3.63) is 0 Å². The fourth-order valence-corrected chi connectivity index (χ4v) is 2.52. The van der Waals surface area contributed by atoms with E-state index in [9.17, 15) is 4.79 Å². The van der Waals surface area contributed by atoms with Gasteiger partial charge >= 0.3 is 0 Å². The molecule has 0 radical (unpaired) electrons. The summed E-state index contributed by atoms with van der Waals surface area (Å²) in [5, 5.41) is 0.869. The van der Waals surface area contributed by atoms with E-state index >= 15 is 0 Å². The van der Waals surface area contributed by atoms with Crippen LogP contribution in [0.4, 0.5) is 0 Å². The van der Waals surface area contributed by atoms with Crippen LogP contribution in [0.1, 0.15) is 72.1 Å². The summed E-state index contributed by atoms with van der Waals surface area (Å²) >= 11 is 3.41. The summed E-state index contributed by atoms with van der Waals surface area (Å²) in [5.41, 5.74) is 0. The average Bonchev–Trinajstić information content (AvgIpc) is 2.34. The number of carbonyl (C=O) groups excluding carboxylic acids is 1. The van der Waals surface area contributed by atoms with Gasteiger partial charge < -0.3 is 4.90 Å². The van der Waals surface area contributed by atoms with Crippen LogP contribution in [0.2, 0.25) is 0 Å². The first-order valence-electron chi connectivity index (χ1n) is 7.48. The normalized spacial score (nSPS) is 10.9. The van der Waals surface area contributed by atoms with Gasteiger partial charge in [0.15, 0.2) is 0 Å². The Hall–Kier alpha value is -0.0500. The highest BCUT2D eigenvalue weighted by atomic mass is 79.9. The molecule has 0 N–H and O–H groups in total. The molecule has 2 nitrogen and oxygen atoms in total. The van der Waals surface area contributed by atoms with Gasteiger partial charge in [0.25, 0.3) is 0 Å². The highest BCUT2D eigenvalue weighted by molar-refractivity contribution is 9.09. The first kappa shape index (κ1) is 17.9.